The van der Waals surface area contributed by atoms with Crippen LogP contribution in [0.15, 0.2) is 66.2 Å². The number of halogens is 3. The molecule has 184 valence electrons. The molecule has 0 radical (unpaired) electrons. The van der Waals surface area contributed by atoms with Crippen molar-refractivity contribution in [2.45, 2.75) is 13.5 Å². The number of amides is 2. The van der Waals surface area contributed by atoms with E-state index in [9.17, 15) is 14.0 Å². The number of carbonyl (C=O) groups is 2. The fourth-order valence-electron chi connectivity index (χ4n) is 3.50. The zero-order valence-electron chi connectivity index (χ0n) is 18.9. The molecule has 2 amide bonds. The monoisotopic (exact) mass is 544 g/mol. The van der Waals surface area contributed by atoms with Crippen molar-refractivity contribution >= 4 is 64.1 Å². The van der Waals surface area contributed by atoms with Crippen LogP contribution in [0.25, 0.3) is 6.08 Å². The Morgan fingerprint density at radius 1 is 1.03 bits per heavy atom. The summed E-state index contributed by atoms with van der Waals surface area (Å²) in [5, 5.41) is 2.77. The summed E-state index contributed by atoms with van der Waals surface area (Å²) in [7, 11) is 0. The molecule has 1 saturated heterocycles. The topological polar surface area (TPSA) is 67.9 Å². The Kier molecular flexibility index (Phi) is 7.88. The lowest BCUT2D eigenvalue weighted by molar-refractivity contribution is -0.122. The van der Waals surface area contributed by atoms with Crippen molar-refractivity contribution in [2.24, 2.45) is 0 Å². The highest BCUT2D eigenvalue weighted by molar-refractivity contribution is 7.80. The lowest BCUT2D eigenvalue weighted by Crippen LogP contribution is -2.54. The van der Waals surface area contributed by atoms with E-state index in [2.05, 4.69) is 5.32 Å². The number of hydrogen-bond donors (Lipinski definition) is 1. The number of carbonyl (C=O) groups excluding carboxylic acids is 2. The molecule has 10 heteroatoms. The molecular weight excluding hydrogens is 526 g/mol. The minimum absolute atomic E-state index is 0.109. The van der Waals surface area contributed by atoms with Gasteiger partial charge in [-0.15, -0.1) is 0 Å². The first-order chi connectivity index (χ1) is 17.3. The fraction of sp³-hybridized carbons (Fsp3) is 0.115. The van der Waals surface area contributed by atoms with E-state index < -0.39 is 11.8 Å². The highest BCUT2D eigenvalue weighted by Gasteiger charge is 2.35. The van der Waals surface area contributed by atoms with E-state index in [0.29, 0.717) is 29.2 Å². The number of benzene rings is 3. The molecular formula is C26H19Cl2FN2O4S. The summed E-state index contributed by atoms with van der Waals surface area (Å²) >= 11 is 17.6. The predicted molar refractivity (Wildman–Crippen MR) is 141 cm³/mol. The van der Waals surface area contributed by atoms with E-state index in [1.807, 2.05) is 6.92 Å². The molecule has 1 heterocycles. The zero-order chi connectivity index (χ0) is 25.8. The number of nitrogens with zero attached hydrogens (tertiary/aromatic N) is 1. The summed E-state index contributed by atoms with van der Waals surface area (Å²) in [4.78, 5) is 27.1. The second-order valence-electron chi connectivity index (χ2n) is 7.59. The van der Waals surface area contributed by atoms with Crippen LogP contribution in [-0.2, 0) is 16.2 Å². The maximum atomic E-state index is 13.5. The second kappa shape index (κ2) is 11.1. The normalized spacial score (nSPS) is 14.7. The molecule has 6 nitrogen and oxygen atoms in total. The Morgan fingerprint density at radius 3 is 2.56 bits per heavy atom. The zero-order valence-corrected chi connectivity index (χ0v) is 21.2. The summed E-state index contributed by atoms with van der Waals surface area (Å²) in [6, 6.07) is 15.8. The summed E-state index contributed by atoms with van der Waals surface area (Å²) < 4.78 is 25.0. The molecule has 0 aromatic heterocycles. The van der Waals surface area contributed by atoms with Gasteiger partial charge in [-0.05, 0) is 72.7 Å². The molecule has 0 aliphatic carbocycles. The molecule has 0 unspecified atom stereocenters. The first-order valence-corrected chi connectivity index (χ1v) is 11.9. The maximum Gasteiger partial charge on any atom is 0.270 e. The van der Waals surface area contributed by atoms with Crippen LogP contribution in [0.5, 0.6) is 11.5 Å². The molecule has 0 saturated carbocycles. The summed E-state index contributed by atoms with van der Waals surface area (Å²) in [6.45, 7) is 2.30. The van der Waals surface area contributed by atoms with Crippen molar-refractivity contribution in [3.8, 4) is 11.5 Å². The average Bonchev–Trinajstić information content (AvgIpc) is 2.84. The van der Waals surface area contributed by atoms with Crippen molar-refractivity contribution in [1.82, 2.24) is 5.32 Å². The lowest BCUT2D eigenvalue weighted by atomic mass is 10.1. The minimum Gasteiger partial charge on any atom is -0.490 e. The van der Waals surface area contributed by atoms with Crippen LogP contribution in [0.1, 0.15) is 18.1 Å². The Balaban J connectivity index is 1.63. The van der Waals surface area contributed by atoms with E-state index in [1.54, 1.807) is 48.5 Å². The quantitative estimate of drug-likeness (QED) is 0.226. The van der Waals surface area contributed by atoms with Gasteiger partial charge in [0.05, 0.1) is 22.3 Å². The molecule has 3 aromatic rings. The first kappa shape index (κ1) is 25.6. The Morgan fingerprint density at radius 2 is 1.81 bits per heavy atom. The third-order valence-corrected chi connectivity index (χ3v) is 6.23. The number of nitrogens with one attached hydrogen (secondary N) is 1. The van der Waals surface area contributed by atoms with Crippen molar-refractivity contribution in [1.29, 1.82) is 0 Å². The van der Waals surface area contributed by atoms with Gasteiger partial charge in [0.15, 0.2) is 16.6 Å². The molecule has 3 aromatic carbocycles. The SMILES string of the molecule is CCOc1cc(/C=C2\C(=O)NC(=S)N(c3cccc(Cl)c3Cl)C2=O)ccc1OCc1cccc(F)c1. The van der Waals surface area contributed by atoms with Crippen LogP contribution in [0.4, 0.5) is 10.1 Å². The summed E-state index contributed by atoms with van der Waals surface area (Å²) in [5.74, 6) is -0.833. The Bertz CT molecular complexity index is 1400. The summed E-state index contributed by atoms with van der Waals surface area (Å²) in [6.07, 6.45) is 1.42. The molecule has 1 N–H and O–H groups in total. The third kappa shape index (κ3) is 5.51. The molecule has 4 rings (SSSR count). The van der Waals surface area contributed by atoms with Crippen LogP contribution in [-0.4, -0.2) is 23.5 Å². The van der Waals surface area contributed by atoms with Gasteiger partial charge in [-0.1, -0.05) is 47.5 Å². The van der Waals surface area contributed by atoms with Gasteiger partial charge in [-0.3, -0.25) is 19.8 Å². The largest absolute Gasteiger partial charge is 0.490 e. The first-order valence-electron chi connectivity index (χ1n) is 10.8. The van der Waals surface area contributed by atoms with E-state index >= 15 is 0 Å². The van der Waals surface area contributed by atoms with Crippen LogP contribution in [0, 0.1) is 5.82 Å². The Hall–Kier alpha value is -3.46. The molecule has 36 heavy (non-hydrogen) atoms. The minimum atomic E-state index is -0.655. The van der Waals surface area contributed by atoms with E-state index in [4.69, 9.17) is 44.9 Å². The number of thiocarbonyl (C=S) groups is 1. The standard InChI is InChI=1S/C26H19Cl2FN2O4S/c1-2-34-22-13-15(9-10-21(22)35-14-16-5-3-6-17(29)11-16)12-18-24(32)30-26(36)31(25(18)33)20-8-4-7-19(27)23(20)28/h3-13H,2,14H2,1H3,(H,30,32,36)/b18-12+. The van der Waals surface area contributed by atoms with Crippen molar-refractivity contribution in [3.05, 3.63) is 93.2 Å². The molecule has 0 spiro atoms. The van der Waals surface area contributed by atoms with E-state index in [-0.39, 0.29) is 38.8 Å². The van der Waals surface area contributed by atoms with Gasteiger partial charge in [0.1, 0.15) is 18.0 Å². The Labute approximate surface area is 222 Å². The van der Waals surface area contributed by atoms with Gasteiger partial charge in [0.2, 0.25) is 0 Å². The summed E-state index contributed by atoms with van der Waals surface area (Å²) in [5.41, 5.74) is 1.26. The van der Waals surface area contributed by atoms with Gasteiger partial charge in [-0.25, -0.2) is 4.39 Å². The maximum absolute atomic E-state index is 13.5. The van der Waals surface area contributed by atoms with Gasteiger partial charge in [0.25, 0.3) is 11.8 Å². The molecule has 1 aliphatic rings. The van der Waals surface area contributed by atoms with Crippen LogP contribution in [0.3, 0.4) is 0 Å². The average molecular weight is 545 g/mol. The van der Waals surface area contributed by atoms with Crippen molar-refractivity contribution in [2.75, 3.05) is 11.5 Å². The molecule has 0 bridgehead atoms. The second-order valence-corrected chi connectivity index (χ2v) is 8.76. The van der Waals surface area contributed by atoms with Gasteiger partial charge < -0.3 is 9.47 Å². The van der Waals surface area contributed by atoms with E-state index in [0.717, 1.165) is 4.90 Å². The molecule has 0 atom stereocenters. The van der Waals surface area contributed by atoms with Gasteiger partial charge in [-0.2, -0.15) is 0 Å². The van der Waals surface area contributed by atoms with Crippen molar-refractivity contribution < 1.29 is 23.5 Å². The van der Waals surface area contributed by atoms with Crippen molar-refractivity contribution in [3.63, 3.8) is 0 Å². The predicted octanol–water partition coefficient (Wildman–Crippen LogP) is 5.94. The van der Waals surface area contributed by atoms with Crippen LogP contribution >= 0.6 is 35.4 Å². The number of hydrogen-bond acceptors (Lipinski definition) is 5. The number of rotatable bonds is 7. The van der Waals surface area contributed by atoms with Gasteiger partial charge in [0, 0.05) is 0 Å². The molecule has 1 fully saturated rings. The highest BCUT2D eigenvalue weighted by atomic mass is 35.5. The van der Waals surface area contributed by atoms with Crippen LogP contribution < -0.4 is 19.7 Å². The fourth-order valence-corrected chi connectivity index (χ4v) is 4.15. The third-order valence-electron chi connectivity index (χ3n) is 5.14. The smallest absolute Gasteiger partial charge is 0.270 e. The highest BCUT2D eigenvalue weighted by Crippen LogP contribution is 2.35. The lowest BCUT2D eigenvalue weighted by Gasteiger charge is -2.29. The number of anilines is 1. The van der Waals surface area contributed by atoms with Crippen LogP contribution in [0.2, 0.25) is 10.0 Å². The van der Waals surface area contributed by atoms with Gasteiger partial charge >= 0.3 is 0 Å². The number of ether oxygens (including phenoxy) is 2. The molecule has 1 aliphatic heterocycles. The van der Waals surface area contributed by atoms with E-state index in [1.165, 1.54) is 18.2 Å².